The molecule has 0 saturated carbocycles. The second-order valence-electron chi connectivity index (χ2n) is 5.74. The number of benzene rings is 1. The highest BCUT2D eigenvalue weighted by Gasteiger charge is 2.21. The van der Waals surface area contributed by atoms with Crippen LogP contribution in [0, 0.1) is 0 Å². The molecule has 25 heavy (non-hydrogen) atoms. The zero-order chi connectivity index (χ0) is 17.6. The van der Waals surface area contributed by atoms with Crippen LogP contribution >= 0.6 is 0 Å². The Kier molecular flexibility index (Phi) is 5.13. The molecule has 0 aliphatic rings. The lowest BCUT2D eigenvalue weighted by Gasteiger charge is -2.20. The van der Waals surface area contributed by atoms with Gasteiger partial charge in [-0.05, 0) is 31.2 Å². The quantitative estimate of drug-likeness (QED) is 0.661. The van der Waals surface area contributed by atoms with Crippen molar-refractivity contribution in [2.45, 2.75) is 26.1 Å². The molecule has 1 unspecified atom stereocenters. The highest BCUT2D eigenvalue weighted by atomic mass is 16.5. The van der Waals surface area contributed by atoms with Gasteiger partial charge in [0.25, 0.3) is 0 Å². The third-order valence-electron chi connectivity index (χ3n) is 3.79. The van der Waals surface area contributed by atoms with E-state index >= 15 is 0 Å². The van der Waals surface area contributed by atoms with Crippen LogP contribution in [0.3, 0.4) is 0 Å². The Morgan fingerprint density at radius 3 is 2.80 bits per heavy atom. The molecule has 1 amide bonds. The minimum atomic E-state index is -0.460. The van der Waals surface area contributed by atoms with Crippen molar-refractivity contribution in [2.75, 3.05) is 7.05 Å². The number of aromatic nitrogens is 3. The van der Waals surface area contributed by atoms with Crippen molar-refractivity contribution in [2.24, 2.45) is 0 Å². The van der Waals surface area contributed by atoms with Gasteiger partial charge in [-0.25, -0.2) is 4.68 Å². The van der Waals surface area contributed by atoms with Crippen molar-refractivity contribution in [1.29, 1.82) is 0 Å². The molecule has 0 aliphatic carbocycles. The first-order valence-corrected chi connectivity index (χ1v) is 7.99. The highest BCUT2D eigenvalue weighted by Crippen LogP contribution is 2.14. The molecular formula is C18H20N4O3. The van der Waals surface area contributed by atoms with E-state index in [-0.39, 0.29) is 5.91 Å². The minimum Gasteiger partial charge on any atom is -0.487 e. The average molecular weight is 340 g/mol. The molecule has 0 aliphatic heterocycles. The molecular weight excluding hydrogens is 320 g/mol. The van der Waals surface area contributed by atoms with Gasteiger partial charge in [-0.3, -0.25) is 4.79 Å². The molecule has 3 aromatic rings. The molecule has 2 aromatic heterocycles. The molecule has 0 N–H and O–H groups in total. The van der Waals surface area contributed by atoms with Crippen molar-refractivity contribution in [3.63, 3.8) is 0 Å². The van der Waals surface area contributed by atoms with Crippen LogP contribution in [0.4, 0.5) is 0 Å². The summed E-state index contributed by atoms with van der Waals surface area (Å²) in [6.07, 6.45) is 3.32. The third-order valence-corrected chi connectivity index (χ3v) is 3.79. The lowest BCUT2D eigenvalue weighted by molar-refractivity contribution is -0.134. The first-order valence-electron chi connectivity index (χ1n) is 7.99. The third kappa shape index (κ3) is 4.26. The highest BCUT2D eigenvalue weighted by molar-refractivity contribution is 5.79. The topological polar surface area (TPSA) is 73.4 Å². The van der Waals surface area contributed by atoms with Gasteiger partial charge in [0.05, 0.1) is 19.0 Å². The summed E-state index contributed by atoms with van der Waals surface area (Å²) in [7, 11) is 1.73. The van der Waals surface area contributed by atoms with Crippen LogP contribution in [0.25, 0.3) is 0 Å². The lowest BCUT2D eigenvalue weighted by atomic mass is 10.3. The maximum absolute atomic E-state index is 12.5. The zero-order valence-corrected chi connectivity index (χ0v) is 14.2. The van der Waals surface area contributed by atoms with Gasteiger partial charge in [-0.15, -0.1) is 5.10 Å². The van der Waals surface area contributed by atoms with Crippen LogP contribution in [-0.2, 0) is 17.9 Å². The second kappa shape index (κ2) is 7.65. The maximum Gasteiger partial charge on any atom is 0.247 e. The van der Waals surface area contributed by atoms with E-state index in [9.17, 15) is 4.79 Å². The van der Waals surface area contributed by atoms with Gasteiger partial charge in [0.2, 0.25) is 5.91 Å². The number of hydrogen-bond donors (Lipinski definition) is 0. The Hall–Kier alpha value is -3.09. The van der Waals surface area contributed by atoms with Crippen LogP contribution in [0.2, 0.25) is 0 Å². The Bertz CT molecular complexity index is 799. The summed E-state index contributed by atoms with van der Waals surface area (Å²) in [6.45, 7) is 2.50. The maximum atomic E-state index is 12.5. The predicted octanol–water partition coefficient (Wildman–Crippen LogP) is 2.67. The Morgan fingerprint density at radius 2 is 2.08 bits per heavy atom. The van der Waals surface area contributed by atoms with Crippen LogP contribution < -0.4 is 4.74 Å². The van der Waals surface area contributed by atoms with E-state index in [1.54, 1.807) is 42.1 Å². The smallest absolute Gasteiger partial charge is 0.247 e. The van der Waals surface area contributed by atoms with Crippen molar-refractivity contribution in [3.05, 3.63) is 66.4 Å². The van der Waals surface area contributed by atoms with Crippen LogP contribution in [0.15, 0.2) is 59.3 Å². The lowest BCUT2D eigenvalue weighted by Crippen LogP contribution is -2.32. The molecule has 1 aromatic carbocycles. The number of carbonyl (C=O) groups excluding carboxylic acids is 1. The van der Waals surface area contributed by atoms with Crippen molar-refractivity contribution < 1.29 is 13.9 Å². The first-order chi connectivity index (χ1) is 12.1. The van der Waals surface area contributed by atoms with Gasteiger partial charge in [0, 0.05) is 7.05 Å². The Morgan fingerprint density at radius 1 is 1.28 bits per heavy atom. The number of nitrogens with zero attached hydrogens (tertiary/aromatic N) is 4. The van der Waals surface area contributed by atoms with E-state index in [0.717, 1.165) is 11.5 Å². The van der Waals surface area contributed by atoms with Gasteiger partial charge in [0.15, 0.2) is 0 Å². The molecule has 0 fully saturated rings. The molecule has 0 spiro atoms. The monoisotopic (exact) mass is 340 g/mol. The van der Waals surface area contributed by atoms with Crippen LogP contribution in [-0.4, -0.2) is 32.8 Å². The fraction of sp³-hybridized carbons (Fsp3) is 0.278. The number of ether oxygens (including phenoxy) is 1. The Labute approximate surface area is 145 Å². The number of rotatable bonds is 7. The summed E-state index contributed by atoms with van der Waals surface area (Å²) >= 11 is 0. The molecule has 0 bridgehead atoms. The van der Waals surface area contributed by atoms with Crippen LogP contribution in [0.1, 0.15) is 24.4 Å². The van der Waals surface area contributed by atoms with E-state index in [0.29, 0.717) is 18.8 Å². The number of carbonyl (C=O) groups is 1. The van der Waals surface area contributed by atoms with Gasteiger partial charge in [-0.1, -0.05) is 23.4 Å². The normalized spacial score (nSPS) is 11.9. The zero-order valence-electron chi connectivity index (χ0n) is 14.2. The van der Waals surface area contributed by atoms with E-state index in [4.69, 9.17) is 9.15 Å². The van der Waals surface area contributed by atoms with Crippen LogP contribution in [0.5, 0.6) is 5.75 Å². The second-order valence-corrected chi connectivity index (χ2v) is 5.74. The number of para-hydroxylation sites is 1. The largest absolute Gasteiger partial charge is 0.487 e. The Balaban J connectivity index is 1.57. The number of likely N-dealkylation sites (N-methyl/N-ethyl adjacent to an activating group) is 1. The minimum absolute atomic E-state index is 0.0724. The summed E-state index contributed by atoms with van der Waals surface area (Å²) < 4.78 is 12.5. The molecule has 0 radical (unpaired) electrons. The fourth-order valence-electron chi connectivity index (χ4n) is 2.39. The standard InChI is InChI=1S/C18H20N4O3/c1-14(18(23)21(2)12-17-9-6-10-24-17)22-11-15(19-20-22)13-25-16-7-4-3-5-8-16/h3-11,14H,12-13H2,1-2H3. The molecule has 7 heteroatoms. The summed E-state index contributed by atoms with van der Waals surface area (Å²) in [5.74, 6) is 1.43. The summed E-state index contributed by atoms with van der Waals surface area (Å²) in [5, 5.41) is 8.11. The SMILES string of the molecule is CC(C(=O)N(C)Cc1ccco1)n1cc(COc2ccccc2)nn1. The van der Waals surface area contributed by atoms with Gasteiger partial charge < -0.3 is 14.1 Å². The molecule has 1 atom stereocenters. The van der Waals surface area contributed by atoms with E-state index in [2.05, 4.69) is 10.3 Å². The predicted molar refractivity (Wildman–Crippen MR) is 90.7 cm³/mol. The molecule has 0 saturated heterocycles. The summed E-state index contributed by atoms with van der Waals surface area (Å²) in [4.78, 5) is 14.1. The van der Waals surface area contributed by atoms with Crippen molar-refractivity contribution in [3.8, 4) is 5.75 Å². The number of amides is 1. The fourth-order valence-corrected chi connectivity index (χ4v) is 2.39. The summed E-state index contributed by atoms with van der Waals surface area (Å²) in [6, 6.07) is 12.7. The van der Waals surface area contributed by atoms with E-state index in [1.807, 2.05) is 36.4 Å². The average Bonchev–Trinajstić information content (AvgIpc) is 3.31. The van der Waals surface area contributed by atoms with E-state index in [1.165, 1.54) is 0 Å². The van der Waals surface area contributed by atoms with Crippen molar-refractivity contribution >= 4 is 5.91 Å². The van der Waals surface area contributed by atoms with Crippen molar-refractivity contribution in [1.82, 2.24) is 19.9 Å². The number of hydrogen-bond acceptors (Lipinski definition) is 5. The van der Waals surface area contributed by atoms with Gasteiger partial charge in [0.1, 0.15) is 29.9 Å². The van der Waals surface area contributed by atoms with E-state index < -0.39 is 6.04 Å². The molecule has 7 nitrogen and oxygen atoms in total. The summed E-state index contributed by atoms with van der Waals surface area (Å²) in [5.41, 5.74) is 0.664. The van der Waals surface area contributed by atoms with Gasteiger partial charge >= 0.3 is 0 Å². The molecule has 3 rings (SSSR count). The molecule has 2 heterocycles. The molecule has 130 valence electrons. The first kappa shape index (κ1) is 16.8. The number of furan rings is 1. The van der Waals surface area contributed by atoms with Gasteiger partial charge in [-0.2, -0.15) is 0 Å².